The van der Waals surface area contributed by atoms with Crippen molar-refractivity contribution in [2.24, 2.45) is 0 Å². The van der Waals surface area contributed by atoms with Crippen LogP contribution in [0.1, 0.15) is 23.3 Å². The second-order valence-electron chi connectivity index (χ2n) is 3.49. The summed E-state index contributed by atoms with van der Waals surface area (Å²) >= 11 is 1.43. The molecule has 0 saturated carbocycles. The molecular weight excluding hydrogens is 265 g/mol. The van der Waals surface area contributed by atoms with E-state index < -0.39 is 12.6 Å². The van der Waals surface area contributed by atoms with Gasteiger partial charge in [0.2, 0.25) is 0 Å². The third-order valence-electron chi connectivity index (χ3n) is 2.03. The molecule has 100 valence electrons. The number of hydrogen-bond donors (Lipinski definition) is 1. The molecule has 0 unspecified atom stereocenters. The number of hydrogen-bond acceptors (Lipinski definition) is 3. The number of aliphatic hydroxyl groups is 1. The number of aliphatic hydroxyl groups excluding tert-OH is 1. The summed E-state index contributed by atoms with van der Waals surface area (Å²) in [5, 5.41) is 10.4. The van der Waals surface area contributed by atoms with Crippen LogP contribution in [-0.4, -0.2) is 24.5 Å². The van der Waals surface area contributed by atoms with Crippen molar-refractivity contribution in [3.63, 3.8) is 0 Å². The number of rotatable bonds is 5. The van der Waals surface area contributed by atoms with Crippen LogP contribution in [0.4, 0.5) is 13.2 Å². The smallest absolute Gasteiger partial charge is 0.384 e. The maximum absolute atomic E-state index is 11.9. The Morgan fingerprint density at radius 2 is 2.17 bits per heavy atom. The van der Waals surface area contributed by atoms with E-state index in [2.05, 4.69) is 11.8 Å². The lowest BCUT2D eigenvalue weighted by atomic mass is 10.2. The van der Waals surface area contributed by atoms with Crippen LogP contribution in [0.3, 0.4) is 0 Å². The highest BCUT2D eigenvalue weighted by molar-refractivity contribution is 7.10. The molecule has 1 heterocycles. The first kappa shape index (κ1) is 15.0. The molecule has 0 aliphatic heterocycles. The van der Waals surface area contributed by atoms with Crippen molar-refractivity contribution >= 4 is 11.3 Å². The third kappa shape index (κ3) is 6.05. The van der Waals surface area contributed by atoms with Gasteiger partial charge in [0.25, 0.3) is 0 Å². The van der Waals surface area contributed by atoms with Gasteiger partial charge in [-0.2, -0.15) is 13.2 Å². The Balaban J connectivity index is 2.29. The van der Waals surface area contributed by atoms with Crippen molar-refractivity contribution in [2.75, 3.05) is 13.2 Å². The molecule has 0 amide bonds. The highest BCUT2D eigenvalue weighted by Crippen LogP contribution is 2.21. The van der Waals surface area contributed by atoms with Gasteiger partial charge in [0.1, 0.15) is 6.61 Å². The lowest BCUT2D eigenvalue weighted by Gasteiger charge is -2.06. The topological polar surface area (TPSA) is 29.5 Å². The monoisotopic (exact) mass is 278 g/mol. The minimum Gasteiger partial charge on any atom is -0.384 e. The number of alkyl halides is 3. The van der Waals surface area contributed by atoms with Crippen molar-refractivity contribution in [1.29, 1.82) is 0 Å². The molecule has 0 saturated heterocycles. The Bertz CT molecular complexity index is 415. The average Bonchev–Trinajstić information content (AvgIpc) is 2.72. The summed E-state index contributed by atoms with van der Waals surface area (Å²) in [4.78, 5) is 0.864. The highest BCUT2D eigenvalue weighted by atomic mass is 32.1. The van der Waals surface area contributed by atoms with Gasteiger partial charge in [-0.05, 0) is 17.9 Å². The first-order valence-corrected chi connectivity index (χ1v) is 6.21. The minimum absolute atomic E-state index is 0.0352. The fraction of sp³-hybridized carbons (Fsp3) is 0.500. The standard InChI is InChI=1S/C12H13F3O2S/c13-12(14,15)5-2-7-17-9-11-10(3-1-6-16)4-8-18-11/h4,8,16H,2,5-7,9H2. The van der Waals surface area contributed by atoms with Crippen molar-refractivity contribution in [3.8, 4) is 11.8 Å². The third-order valence-corrected chi connectivity index (χ3v) is 2.92. The van der Waals surface area contributed by atoms with Crippen LogP contribution >= 0.6 is 11.3 Å². The summed E-state index contributed by atoms with van der Waals surface area (Å²) in [7, 11) is 0. The van der Waals surface area contributed by atoms with Crippen molar-refractivity contribution in [1.82, 2.24) is 0 Å². The largest absolute Gasteiger partial charge is 0.389 e. The van der Waals surface area contributed by atoms with Gasteiger partial charge in [-0.25, -0.2) is 0 Å². The summed E-state index contributed by atoms with van der Waals surface area (Å²) < 4.78 is 40.8. The maximum Gasteiger partial charge on any atom is 0.389 e. The molecule has 0 aliphatic carbocycles. The summed E-state index contributed by atoms with van der Waals surface area (Å²) in [6.07, 6.45) is -4.98. The molecule has 0 radical (unpaired) electrons. The Morgan fingerprint density at radius 1 is 1.39 bits per heavy atom. The van der Waals surface area contributed by atoms with E-state index in [1.54, 1.807) is 6.07 Å². The second kappa shape index (κ2) is 7.41. The molecule has 0 aromatic carbocycles. The van der Waals surface area contributed by atoms with E-state index in [1.807, 2.05) is 5.38 Å². The van der Waals surface area contributed by atoms with E-state index in [0.717, 1.165) is 10.4 Å². The quantitative estimate of drug-likeness (QED) is 0.663. The van der Waals surface area contributed by atoms with E-state index in [0.29, 0.717) is 0 Å². The Labute approximate surface area is 107 Å². The van der Waals surface area contributed by atoms with Gasteiger partial charge in [-0.3, -0.25) is 0 Å². The van der Waals surface area contributed by atoms with Crippen LogP contribution in [0.15, 0.2) is 11.4 Å². The summed E-state index contributed by atoms with van der Waals surface area (Å²) in [6, 6.07) is 1.79. The van der Waals surface area contributed by atoms with Crippen molar-refractivity contribution in [3.05, 3.63) is 21.9 Å². The lowest BCUT2D eigenvalue weighted by Crippen LogP contribution is -2.08. The molecule has 0 aliphatic rings. The fourth-order valence-corrected chi connectivity index (χ4v) is 2.00. The van der Waals surface area contributed by atoms with Gasteiger partial charge in [-0.1, -0.05) is 11.8 Å². The molecule has 6 heteroatoms. The van der Waals surface area contributed by atoms with Gasteiger partial charge < -0.3 is 9.84 Å². The zero-order valence-corrected chi connectivity index (χ0v) is 10.4. The van der Waals surface area contributed by atoms with Crippen molar-refractivity contribution in [2.45, 2.75) is 25.6 Å². The molecule has 2 nitrogen and oxygen atoms in total. The van der Waals surface area contributed by atoms with Gasteiger partial charge in [-0.15, -0.1) is 11.3 Å². The minimum atomic E-state index is -4.12. The number of ether oxygens (including phenoxy) is 1. The Kier molecular flexibility index (Phi) is 6.19. The molecule has 1 aromatic heterocycles. The van der Waals surface area contributed by atoms with E-state index >= 15 is 0 Å². The molecule has 1 aromatic rings. The summed E-state index contributed by atoms with van der Waals surface area (Å²) in [6.45, 7) is 0.108. The van der Waals surface area contributed by atoms with Gasteiger partial charge in [0, 0.05) is 23.5 Å². The van der Waals surface area contributed by atoms with Crippen LogP contribution in [0.5, 0.6) is 0 Å². The van der Waals surface area contributed by atoms with Crippen LogP contribution in [0.2, 0.25) is 0 Å². The predicted molar refractivity (Wildman–Crippen MR) is 63.2 cm³/mol. The predicted octanol–water partition coefficient (Wildman–Crippen LogP) is 2.95. The molecule has 1 N–H and O–H groups in total. The molecule has 18 heavy (non-hydrogen) atoms. The van der Waals surface area contributed by atoms with E-state index in [1.165, 1.54) is 11.3 Å². The fourth-order valence-electron chi connectivity index (χ4n) is 1.24. The Morgan fingerprint density at radius 3 is 2.83 bits per heavy atom. The van der Waals surface area contributed by atoms with Gasteiger partial charge in [0.15, 0.2) is 0 Å². The average molecular weight is 278 g/mol. The molecule has 0 spiro atoms. The van der Waals surface area contributed by atoms with E-state index in [9.17, 15) is 13.2 Å². The second-order valence-corrected chi connectivity index (χ2v) is 4.49. The van der Waals surface area contributed by atoms with Gasteiger partial charge >= 0.3 is 6.18 Å². The number of thiophene rings is 1. The molecule has 1 rings (SSSR count). The maximum atomic E-state index is 11.9. The van der Waals surface area contributed by atoms with E-state index in [4.69, 9.17) is 9.84 Å². The highest BCUT2D eigenvalue weighted by Gasteiger charge is 2.25. The Hall–Kier alpha value is -1.03. The molecule has 0 atom stereocenters. The normalized spacial score (nSPS) is 11.1. The molecule has 0 fully saturated rings. The zero-order valence-electron chi connectivity index (χ0n) is 9.59. The molecular formula is C12H13F3O2S. The first-order chi connectivity index (χ1) is 8.53. The van der Waals surface area contributed by atoms with Crippen LogP contribution < -0.4 is 0 Å². The number of halogens is 3. The SMILES string of the molecule is OCC#Cc1ccsc1COCCCC(F)(F)F. The van der Waals surface area contributed by atoms with E-state index in [-0.39, 0.29) is 26.2 Å². The van der Waals surface area contributed by atoms with Crippen LogP contribution in [-0.2, 0) is 11.3 Å². The first-order valence-electron chi connectivity index (χ1n) is 5.33. The summed E-state index contributed by atoms with van der Waals surface area (Å²) in [5.41, 5.74) is 0.755. The summed E-state index contributed by atoms with van der Waals surface area (Å²) in [5.74, 6) is 5.28. The van der Waals surface area contributed by atoms with Gasteiger partial charge in [0.05, 0.1) is 6.61 Å². The lowest BCUT2D eigenvalue weighted by molar-refractivity contribution is -0.138. The van der Waals surface area contributed by atoms with Crippen LogP contribution in [0, 0.1) is 11.8 Å². The molecule has 0 bridgehead atoms. The zero-order chi connectivity index (χ0) is 13.4. The van der Waals surface area contributed by atoms with Crippen LogP contribution in [0.25, 0.3) is 0 Å². The van der Waals surface area contributed by atoms with Crippen molar-refractivity contribution < 1.29 is 23.0 Å².